The highest BCUT2D eigenvalue weighted by molar-refractivity contribution is 5.64. The smallest absolute Gasteiger partial charge is 0.149 e. The topological polar surface area (TPSA) is 41.0 Å². The van der Waals surface area contributed by atoms with Crippen LogP contribution in [0.5, 0.6) is 0 Å². The third kappa shape index (κ3) is 4.61. The zero-order chi connectivity index (χ0) is 18.4. The Balaban J connectivity index is 1.73. The molecule has 0 radical (unpaired) electrons. The molecular formula is C22H32N4. The Morgan fingerprint density at radius 3 is 2.46 bits per heavy atom. The Bertz CT molecular complexity index is 691. The van der Waals surface area contributed by atoms with E-state index in [9.17, 15) is 0 Å². The van der Waals surface area contributed by atoms with E-state index in [2.05, 4.69) is 71.5 Å². The summed E-state index contributed by atoms with van der Waals surface area (Å²) in [6.45, 7) is 10.1. The van der Waals surface area contributed by atoms with Gasteiger partial charge in [0, 0.05) is 17.6 Å². The van der Waals surface area contributed by atoms with Gasteiger partial charge in [-0.2, -0.15) is 0 Å². The number of nitrogens with one attached hydrogen (secondary N) is 1. The van der Waals surface area contributed by atoms with Crippen LogP contribution in [-0.2, 0) is 6.42 Å². The Labute approximate surface area is 158 Å². The molecule has 2 aromatic rings. The summed E-state index contributed by atoms with van der Waals surface area (Å²) in [7, 11) is 0. The van der Waals surface area contributed by atoms with Crippen molar-refractivity contribution in [3.05, 3.63) is 42.0 Å². The summed E-state index contributed by atoms with van der Waals surface area (Å²) in [5.41, 5.74) is 3.55. The van der Waals surface area contributed by atoms with Crippen molar-refractivity contribution >= 4 is 5.82 Å². The number of likely N-dealkylation sites (tertiary alicyclic amines) is 1. The van der Waals surface area contributed by atoms with Gasteiger partial charge in [0.1, 0.15) is 5.82 Å². The standard InChI is InChI=1S/C22H32N4/c1-4-11-19-16-20(24-25-21(19)18-12-7-5-8-13-18)23-17-22(2,3)26-14-9-6-10-15-26/h5,7-8,12-13,16H,4,6,9-11,14-15,17H2,1-3H3,(H,23,24). The number of nitrogens with zero attached hydrogens (tertiary/aromatic N) is 3. The number of anilines is 1. The molecule has 4 nitrogen and oxygen atoms in total. The van der Waals surface area contributed by atoms with Crippen molar-refractivity contribution in [2.75, 3.05) is 25.0 Å². The minimum Gasteiger partial charge on any atom is -0.367 e. The molecule has 1 aromatic heterocycles. The summed E-state index contributed by atoms with van der Waals surface area (Å²) >= 11 is 0. The van der Waals surface area contributed by atoms with E-state index in [-0.39, 0.29) is 5.54 Å². The van der Waals surface area contributed by atoms with Crippen molar-refractivity contribution < 1.29 is 0 Å². The lowest BCUT2D eigenvalue weighted by Crippen LogP contribution is -2.50. The number of hydrogen-bond donors (Lipinski definition) is 1. The monoisotopic (exact) mass is 352 g/mol. The second-order valence-corrected chi connectivity index (χ2v) is 7.93. The fourth-order valence-corrected chi connectivity index (χ4v) is 3.73. The van der Waals surface area contributed by atoms with E-state index in [0.29, 0.717) is 0 Å². The molecular weight excluding hydrogens is 320 g/mol. The number of aryl methyl sites for hydroxylation is 1. The Morgan fingerprint density at radius 1 is 1.04 bits per heavy atom. The molecule has 26 heavy (non-hydrogen) atoms. The average Bonchev–Trinajstić information content (AvgIpc) is 2.68. The van der Waals surface area contributed by atoms with Gasteiger partial charge in [-0.3, -0.25) is 4.90 Å². The molecule has 0 saturated carbocycles. The van der Waals surface area contributed by atoms with Gasteiger partial charge in [-0.1, -0.05) is 50.1 Å². The number of aromatic nitrogens is 2. The molecule has 1 N–H and O–H groups in total. The molecule has 1 aromatic carbocycles. The summed E-state index contributed by atoms with van der Waals surface area (Å²) < 4.78 is 0. The first kappa shape index (κ1) is 18.8. The van der Waals surface area contributed by atoms with Crippen molar-refractivity contribution in [1.82, 2.24) is 15.1 Å². The summed E-state index contributed by atoms with van der Waals surface area (Å²) in [6, 6.07) is 12.5. The zero-order valence-electron chi connectivity index (χ0n) is 16.5. The summed E-state index contributed by atoms with van der Waals surface area (Å²) in [5.74, 6) is 0.887. The van der Waals surface area contributed by atoms with Crippen LogP contribution in [0.2, 0.25) is 0 Å². The fourth-order valence-electron chi connectivity index (χ4n) is 3.73. The van der Waals surface area contributed by atoms with Gasteiger partial charge in [0.2, 0.25) is 0 Å². The van der Waals surface area contributed by atoms with E-state index in [1.807, 2.05) is 6.07 Å². The third-order valence-electron chi connectivity index (χ3n) is 5.35. The van der Waals surface area contributed by atoms with Crippen LogP contribution < -0.4 is 5.32 Å². The second kappa shape index (κ2) is 8.63. The van der Waals surface area contributed by atoms with Crippen LogP contribution in [0.15, 0.2) is 36.4 Å². The maximum absolute atomic E-state index is 4.55. The largest absolute Gasteiger partial charge is 0.367 e. The summed E-state index contributed by atoms with van der Waals surface area (Å²) in [4.78, 5) is 2.60. The molecule has 0 aliphatic carbocycles. The van der Waals surface area contributed by atoms with E-state index < -0.39 is 0 Å². The molecule has 3 rings (SSSR count). The molecule has 1 fully saturated rings. The zero-order valence-corrected chi connectivity index (χ0v) is 16.5. The number of piperidine rings is 1. The molecule has 4 heteroatoms. The maximum Gasteiger partial charge on any atom is 0.149 e. The van der Waals surface area contributed by atoms with Crippen LogP contribution in [0, 0.1) is 0 Å². The third-order valence-corrected chi connectivity index (χ3v) is 5.35. The minimum absolute atomic E-state index is 0.130. The van der Waals surface area contributed by atoms with Gasteiger partial charge in [-0.25, -0.2) is 0 Å². The van der Waals surface area contributed by atoms with E-state index in [0.717, 1.165) is 36.5 Å². The molecule has 2 heterocycles. The number of rotatable bonds is 7. The highest BCUT2D eigenvalue weighted by Gasteiger charge is 2.27. The molecule has 140 valence electrons. The molecule has 0 spiro atoms. The van der Waals surface area contributed by atoms with Gasteiger partial charge in [0.05, 0.1) is 5.69 Å². The van der Waals surface area contributed by atoms with Crippen molar-refractivity contribution in [1.29, 1.82) is 0 Å². The highest BCUT2D eigenvalue weighted by Crippen LogP contribution is 2.25. The Kier molecular flexibility index (Phi) is 6.25. The Hall–Kier alpha value is -1.94. The quantitative estimate of drug-likeness (QED) is 0.779. The van der Waals surface area contributed by atoms with Crippen LogP contribution >= 0.6 is 0 Å². The predicted octanol–water partition coefficient (Wildman–Crippen LogP) is 4.77. The summed E-state index contributed by atoms with van der Waals surface area (Å²) in [5, 5.41) is 12.6. The molecule has 0 amide bonds. The first-order chi connectivity index (χ1) is 12.6. The minimum atomic E-state index is 0.130. The number of hydrogen-bond acceptors (Lipinski definition) is 4. The Morgan fingerprint density at radius 2 is 1.77 bits per heavy atom. The van der Waals surface area contributed by atoms with E-state index >= 15 is 0 Å². The molecule has 1 aliphatic rings. The lowest BCUT2D eigenvalue weighted by atomic mass is 9.98. The molecule has 0 atom stereocenters. The van der Waals surface area contributed by atoms with Gasteiger partial charge in [0.15, 0.2) is 0 Å². The van der Waals surface area contributed by atoms with Gasteiger partial charge in [-0.05, 0) is 57.8 Å². The highest BCUT2D eigenvalue weighted by atomic mass is 15.2. The molecule has 1 saturated heterocycles. The first-order valence-corrected chi connectivity index (χ1v) is 10.0. The van der Waals surface area contributed by atoms with Gasteiger partial charge in [-0.15, -0.1) is 10.2 Å². The lowest BCUT2D eigenvalue weighted by molar-refractivity contribution is 0.105. The van der Waals surface area contributed by atoms with Crippen LogP contribution in [-0.4, -0.2) is 40.3 Å². The predicted molar refractivity (Wildman–Crippen MR) is 109 cm³/mol. The van der Waals surface area contributed by atoms with Gasteiger partial charge in [0.25, 0.3) is 0 Å². The van der Waals surface area contributed by atoms with E-state index in [1.54, 1.807) is 0 Å². The van der Waals surface area contributed by atoms with E-state index in [4.69, 9.17) is 0 Å². The molecule has 0 bridgehead atoms. The van der Waals surface area contributed by atoms with Crippen molar-refractivity contribution in [2.45, 2.75) is 58.4 Å². The van der Waals surface area contributed by atoms with Gasteiger partial charge >= 0.3 is 0 Å². The fraction of sp³-hybridized carbons (Fsp3) is 0.545. The summed E-state index contributed by atoms with van der Waals surface area (Å²) in [6.07, 6.45) is 6.12. The molecule has 0 unspecified atom stereocenters. The average molecular weight is 353 g/mol. The van der Waals surface area contributed by atoms with Crippen molar-refractivity contribution in [3.8, 4) is 11.3 Å². The molecule has 1 aliphatic heterocycles. The van der Waals surface area contributed by atoms with Crippen molar-refractivity contribution in [3.63, 3.8) is 0 Å². The van der Waals surface area contributed by atoms with Gasteiger partial charge < -0.3 is 5.32 Å². The van der Waals surface area contributed by atoms with Crippen molar-refractivity contribution in [2.24, 2.45) is 0 Å². The van der Waals surface area contributed by atoms with Crippen LogP contribution in [0.4, 0.5) is 5.82 Å². The van der Waals surface area contributed by atoms with E-state index in [1.165, 1.54) is 37.9 Å². The normalized spacial score (nSPS) is 15.8. The SMILES string of the molecule is CCCc1cc(NCC(C)(C)N2CCCCC2)nnc1-c1ccccc1. The second-order valence-electron chi connectivity index (χ2n) is 7.93. The van der Waals surface area contributed by atoms with Crippen LogP contribution in [0.25, 0.3) is 11.3 Å². The first-order valence-electron chi connectivity index (χ1n) is 10.0. The van der Waals surface area contributed by atoms with Crippen LogP contribution in [0.1, 0.15) is 52.0 Å². The van der Waals surface area contributed by atoms with Crippen LogP contribution in [0.3, 0.4) is 0 Å². The number of benzene rings is 1. The maximum atomic E-state index is 4.55. The lowest BCUT2D eigenvalue weighted by Gasteiger charge is -2.41.